The second-order valence-corrected chi connectivity index (χ2v) is 13.9. The van der Waals surface area contributed by atoms with E-state index < -0.39 is 16.1 Å². The van der Waals surface area contributed by atoms with Crippen molar-refractivity contribution in [1.82, 2.24) is 4.44 Å². The molecule has 0 spiro atoms. The number of nitrogens with zero attached hydrogens (tertiary/aromatic N) is 1. The van der Waals surface area contributed by atoms with Crippen LogP contribution in [0.5, 0.6) is 0 Å². The molecular weight excluding hydrogens is 460 g/mol. The quantitative estimate of drug-likeness (QED) is 0.231. The van der Waals surface area contributed by atoms with Crippen LogP contribution in [0.1, 0.15) is 39.0 Å². The SMILES string of the molecule is CC(C1CCCCC1)N(P(c1ccccc1)c1ccccc1)P(c1ccccc1)c1ccccc1. The van der Waals surface area contributed by atoms with Crippen LogP contribution in [0.4, 0.5) is 0 Å². The molecule has 1 unspecified atom stereocenters. The van der Waals surface area contributed by atoms with Gasteiger partial charge in [-0.3, -0.25) is 0 Å². The van der Waals surface area contributed by atoms with E-state index in [4.69, 9.17) is 0 Å². The van der Waals surface area contributed by atoms with Gasteiger partial charge < -0.3 is 0 Å². The molecule has 1 saturated carbocycles. The first-order valence-corrected chi connectivity index (χ1v) is 15.5. The van der Waals surface area contributed by atoms with Crippen LogP contribution in [-0.4, -0.2) is 10.5 Å². The van der Waals surface area contributed by atoms with Gasteiger partial charge in [-0.2, -0.15) is 0 Å². The minimum atomic E-state index is -0.703. The molecule has 3 heteroatoms. The summed E-state index contributed by atoms with van der Waals surface area (Å²) in [7, 11) is -1.41. The molecule has 0 bridgehead atoms. The Balaban J connectivity index is 1.72. The van der Waals surface area contributed by atoms with Crippen LogP contribution in [0, 0.1) is 5.92 Å². The van der Waals surface area contributed by atoms with Gasteiger partial charge in [0.2, 0.25) is 0 Å². The molecule has 0 radical (unpaired) electrons. The van der Waals surface area contributed by atoms with Gasteiger partial charge in [-0.25, -0.2) is 4.44 Å². The van der Waals surface area contributed by atoms with E-state index in [-0.39, 0.29) is 0 Å². The monoisotopic (exact) mass is 495 g/mol. The fraction of sp³-hybridized carbons (Fsp3) is 0.250. The van der Waals surface area contributed by atoms with E-state index in [0.29, 0.717) is 6.04 Å². The minimum Gasteiger partial charge on any atom is -0.242 e. The molecule has 1 aliphatic rings. The highest BCUT2D eigenvalue weighted by atomic mass is 31.2. The third-order valence-corrected chi connectivity index (χ3v) is 12.9. The van der Waals surface area contributed by atoms with Gasteiger partial charge in [0, 0.05) is 22.2 Å². The van der Waals surface area contributed by atoms with Crippen LogP contribution in [0.15, 0.2) is 121 Å². The Morgan fingerprint density at radius 3 is 1.14 bits per heavy atom. The first-order chi connectivity index (χ1) is 17.3. The van der Waals surface area contributed by atoms with Crippen molar-refractivity contribution in [1.29, 1.82) is 0 Å². The lowest BCUT2D eigenvalue weighted by Crippen LogP contribution is -2.41. The number of benzene rings is 4. The Kier molecular flexibility index (Phi) is 8.43. The summed E-state index contributed by atoms with van der Waals surface area (Å²) in [6.45, 7) is 2.53. The second-order valence-electron chi connectivity index (χ2n) is 9.42. The lowest BCUT2D eigenvalue weighted by Gasteiger charge is -2.46. The van der Waals surface area contributed by atoms with Crippen LogP contribution >= 0.6 is 16.1 Å². The Morgan fingerprint density at radius 1 is 0.514 bits per heavy atom. The first-order valence-electron chi connectivity index (χ1n) is 12.9. The van der Waals surface area contributed by atoms with E-state index >= 15 is 0 Å². The molecule has 35 heavy (non-hydrogen) atoms. The van der Waals surface area contributed by atoms with E-state index in [0.717, 1.165) is 5.92 Å². The largest absolute Gasteiger partial charge is 0.242 e. The Labute approximate surface area is 213 Å². The predicted molar refractivity (Wildman–Crippen MR) is 156 cm³/mol. The van der Waals surface area contributed by atoms with Crippen molar-refractivity contribution < 1.29 is 0 Å². The zero-order valence-corrected chi connectivity index (χ0v) is 22.4. The molecule has 1 fully saturated rings. The summed E-state index contributed by atoms with van der Waals surface area (Å²) in [5.74, 6) is 0.735. The molecule has 0 aromatic heterocycles. The fourth-order valence-corrected chi connectivity index (χ4v) is 11.7. The Bertz CT molecular complexity index is 983. The third kappa shape index (κ3) is 5.76. The van der Waals surface area contributed by atoms with Gasteiger partial charge >= 0.3 is 0 Å². The van der Waals surface area contributed by atoms with Gasteiger partial charge in [-0.1, -0.05) is 141 Å². The molecule has 178 valence electrons. The highest BCUT2D eigenvalue weighted by Crippen LogP contribution is 2.57. The van der Waals surface area contributed by atoms with Crippen molar-refractivity contribution in [2.75, 3.05) is 0 Å². The summed E-state index contributed by atoms with van der Waals surface area (Å²) in [6.07, 6.45) is 6.81. The van der Waals surface area contributed by atoms with Gasteiger partial charge in [0.1, 0.15) is 0 Å². The molecule has 0 N–H and O–H groups in total. The smallest absolute Gasteiger partial charge is 0.0325 e. The Hall–Kier alpha value is -2.30. The number of hydrogen-bond acceptors (Lipinski definition) is 1. The molecule has 4 aromatic carbocycles. The number of hydrogen-bond donors (Lipinski definition) is 0. The second kappa shape index (κ2) is 12.1. The van der Waals surface area contributed by atoms with Crippen LogP contribution < -0.4 is 21.2 Å². The zero-order valence-electron chi connectivity index (χ0n) is 20.6. The van der Waals surface area contributed by atoms with Gasteiger partial charge in [0.25, 0.3) is 0 Å². The first kappa shape index (κ1) is 24.4. The molecule has 0 amide bonds. The average molecular weight is 496 g/mol. The van der Waals surface area contributed by atoms with Crippen LogP contribution in [0.25, 0.3) is 0 Å². The topological polar surface area (TPSA) is 3.24 Å². The standard InChI is InChI=1S/C32H35NP2/c1-27(28-17-7-2-8-18-28)33(34(29-19-9-3-10-20-29)30-21-11-4-12-22-30)35(31-23-13-5-14-24-31)32-25-15-6-16-26-32/h3-6,9-16,19-28H,2,7-8,17-18H2,1H3. The molecule has 5 rings (SSSR count). The van der Waals surface area contributed by atoms with Crippen molar-refractivity contribution in [2.24, 2.45) is 5.92 Å². The van der Waals surface area contributed by atoms with Crippen molar-refractivity contribution in [3.63, 3.8) is 0 Å². The molecule has 4 aromatic rings. The lowest BCUT2D eigenvalue weighted by atomic mass is 9.85. The Morgan fingerprint density at radius 2 is 0.829 bits per heavy atom. The fourth-order valence-electron chi connectivity index (χ4n) is 5.31. The summed E-state index contributed by atoms with van der Waals surface area (Å²) in [5, 5.41) is 5.76. The summed E-state index contributed by atoms with van der Waals surface area (Å²) in [4.78, 5) is 0. The highest BCUT2D eigenvalue weighted by molar-refractivity contribution is 7.84. The van der Waals surface area contributed by atoms with E-state index in [2.05, 4.69) is 133 Å². The normalized spacial score (nSPS) is 15.5. The summed E-state index contributed by atoms with van der Waals surface area (Å²) >= 11 is 0. The van der Waals surface area contributed by atoms with Crippen molar-refractivity contribution in [3.8, 4) is 0 Å². The molecule has 1 atom stereocenters. The number of rotatable bonds is 8. The summed E-state index contributed by atoms with van der Waals surface area (Å²) < 4.78 is 2.97. The van der Waals surface area contributed by atoms with Gasteiger partial charge in [-0.05, 0) is 46.9 Å². The molecular formula is C32H35NP2. The van der Waals surface area contributed by atoms with Crippen LogP contribution in [0.2, 0.25) is 0 Å². The third-order valence-electron chi connectivity index (χ3n) is 7.11. The van der Waals surface area contributed by atoms with Crippen molar-refractivity contribution in [3.05, 3.63) is 121 Å². The highest BCUT2D eigenvalue weighted by Gasteiger charge is 2.38. The van der Waals surface area contributed by atoms with Crippen LogP contribution in [-0.2, 0) is 0 Å². The maximum Gasteiger partial charge on any atom is 0.0325 e. The van der Waals surface area contributed by atoms with E-state index in [1.807, 2.05) is 0 Å². The lowest BCUT2D eigenvalue weighted by molar-refractivity contribution is 0.268. The van der Waals surface area contributed by atoms with Gasteiger partial charge in [0.15, 0.2) is 0 Å². The average Bonchev–Trinajstić information content (AvgIpc) is 2.95. The van der Waals surface area contributed by atoms with Gasteiger partial charge in [0.05, 0.1) is 0 Å². The molecule has 1 aliphatic carbocycles. The maximum absolute atomic E-state index is 2.97. The van der Waals surface area contributed by atoms with Crippen LogP contribution in [0.3, 0.4) is 0 Å². The molecule has 0 saturated heterocycles. The molecule has 0 heterocycles. The van der Waals surface area contributed by atoms with Crippen molar-refractivity contribution >= 4 is 37.4 Å². The summed E-state index contributed by atoms with van der Waals surface area (Å²) in [6, 6.07) is 45.6. The predicted octanol–water partition coefficient (Wildman–Crippen LogP) is 7.35. The summed E-state index contributed by atoms with van der Waals surface area (Å²) in [5.41, 5.74) is 0. The van der Waals surface area contributed by atoms with E-state index in [1.165, 1.54) is 53.3 Å². The zero-order chi connectivity index (χ0) is 23.9. The van der Waals surface area contributed by atoms with Crippen molar-refractivity contribution in [2.45, 2.75) is 45.1 Å². The minimum absolute atomic E-state index is 0.494. The van der Waals surface area contributed by atoms with E-state index in [9.17, 15) is 0 Å². The van der Waals surface area contributed by atoms with Gasteiger partial charge in [-0.15, -0.1) is 0 Å². The molecule has 1 nitrogen and oxygen atoms in total. The maximum atomic E-state index is 2.97. The van der Waals surface area contributed by atoms with E-state index in [1.54, 1.807) is 0 Å². The molecule has 0 aliphatic heterocycles.